The third-order valence-electron chi connectivity index (χ3n) is 5.86. The lowest BCUT2D eigenvalue weighted by atomic mass is 9.79. The Hall–Kier alpha value is -1.68. The molecular formula is C25H24FI. The molecule has 1 fully saturated rings. The van der Waals surface area contributed by atoms with E-state index in [1.807, 2.05) is 36.4 Å². The van der Waals surface area contributed by atoms with E-state index < -0.39 is 0 Å². The smallest absolute Gasteiger partial charge is 0.131 e. The van der Waals surface area contributed by atoms with Crippen molar-refractivity contribution in [2.75, 3.05) is 0 Å². The van der Waals surface area contributed by atoms with E-state index in [1.165, 1.54) is 31.2 Å². The molecule has 0 radical (unpaired) electrons. The molecule has 3 aromatic rings. The summed E-state index contributed by atoms with van der Waals surface area (Å²) >= 11 is 2.26. The number of hydrogen-bond acceptors (Lipinski definition) is 0. The molecule has 4 rings (SSSR count). The first-order chi connectivity index (χ1) is 13.1. The summed E-state index contributed by atoms with van der Waals surface area (Å²) in [6, 6.07) is 22.3. The van der Waals surface area contributed by atoms with E-state index in [0.717, 1.165) is 26.2 Å². The zero-order valence-electron chi connectivity index (χ0n) is 15.6. The fourth-order valence-electron chi connectivity index (χ4n) is 4.10. The molecule has 27 heavy (non-hydrogen) atoms. The standard InChI is InChI=1S/C25H24FI/c1-17-2-4-18(5-3-17)19-6-8-20(9-7-19)22-12-15-24(25(26)16-22)21-10-13-23(27)14-11-21/h6-18H,2-5H2,1H3. The van der Waals surface area contributed by atoms with Gasteiger partial charge in [-0.1, -0.05) is 68.3 Å². The van der Waals surface area contributed by atoms with Gasteiger partial charge in [0.2, 0.25) is 0 Å². The molecule has 0 bridgehead atoms. The Morgan fingerprint density at radius 1 is 0.741 bits per heavy atom. The second kappa shape index (κ2) is 8.14. The maximum Gasteiger partial charge on any atom is 0.131 e. The van der Waals surface area contributed by atoms with E-state index in [-0.39, 0.29) is 5.82 Å². The van der Waals surface area contributed by atoms with Crippen molar-refractivity contribution in [2.45, 2.75) is 38.5 Å². The van der Waals surface area contributed by atoms with Crippen molar-refractivity contribution in [1.82, 2.24) is 0 Å². The van der Waals surface area contributed by atoms with Gasteiger partial charge in [0.1, 0.15) is 5.82 Å². The van der Waals surface area contributed by atoms with Crippen LogP contribution in [0.25, 0.3) is 22.3 Å². The highest BCUT2D eigenvalue weighted by molar-refractivity contribution is 14.1. The number of hydrogen-bond donors (Lipinski definition) is 0. The molecule has 3 aromatic carbocycles. The summed E-state index contributed by atoms with van der Waals surface area (Å²) in [4.78, 5) is 0. The van der Waals surface area contributed by atoms with Crippen LogP contribution in [-0.2, 0) is 0 Å². The molecule has 0 N–H and O–H groups in total. The van der Waals surface area contributed by atoms with E-state index >= 15 is 0 Å². The second-order valence-corrected chi connectivity index (χ2v) is 9.03. The average Bonchev–Trinajstić information content (AvgIpc) is 2.69. The summed E-state index contributed by atoms with van der Waals surface area (Å²) in [5.74, 6) is 1.39. The van der Waals surface area contributed by atoms with Gasteiger partial charge in [-0.05, 0) is 87.7 Å². The van der Waals surface area contributed by atoms with Gasteiger partial charge in [-0.25, -0.2) is 4.39 Å². The largest absolute Gasteiger partial charge is 0.206 e. The lowest BCUT2D eigenvalue weighted by Gasteiger charge is -2.26. The van der Waals surface area contributed by atoms with Crippen molar-refractivity contribution >= 4 is 22.6 Å². The van der Waals surface area contributed by atoms with Crippen LogP contribution in [-0.4, -0.2) is 0 Å². The first kappa shape index (κ1) is 18.7. The lowest BCUT2D eigenvalue weighted by molar-refractivity contribution is 0.348. The van der Waals surface area contributed by atoms with Crippen LogP contribution in [0.2, 0.25) is 0 Å². The summed E-state index contributed by atoms with van der Waals surface area (Å²) < 4.78 is 15.9. The minimum absolute atomic E-state index is 0.168. The summed E-state index contributed by atoms with van der Waals surface area (Å²) in [5, 5.41) is 0. The van der Waals surface area contributed by atoms with Gasteiger partial charge in [-0.3, -0.25) is 0 Å². The van der Waals surface area contributed by atoms with Gasteiger partial charge >= 0.3 is 0 Å². The fraction of sp³-hybridized carbons (Fsp3) is 0.280. The van der Waals surface area contributed by atoms with Gasteiger partial charge in [0.15, 0.2) is 0 Å². The molecule has 1 aliphatic carbocycles. The van der Waals surface area contributed by atoms with Gasteiger partial charge in [0.05, 0.1) is 0 Å². The van der Waals surface area contributed by atoms with E-state index in [9.17, 15) is 4.39 Å². The highest BCUT2D eigenvalue weighted by Crippen LogP contribution is 2.36. The van der Waals surface area contributed by atoms with Crippen molar-refractivity contribution < 1.29 is 4.39 Å². The number of rotatable bonds is 3. The molecule has 0 unspecified atom stereocenters. The van der Waals surface area contributed by atoms with Crippen molar-refractivity contribution in [3.63, 3.8) is 0 Å². The molecule has 0 aliphatic heterocycles. The Morgan fingerprint density at radius 3 is 1.96 bits per heavy atom. The van der Waals surface area contributed by atoms with Gasteiger partial charge in [0.25, 0.3) is 0 Å². The quantitative estimate of drug-likeness (QED) is 0.340. The Balaban J connectivity index is 1.55. The first-order valence-electron chi connectivity index (χ1n) is 9.76. The predicted molar refractivity (Wildman–Crippen MR) is 120 cm³/mol. The van der Waals surface area contributed by atoms with E-state index in [4.69, 9.17) is 0 Å². The van der Waals surface area contributed by atoms with E-state index in [2.05, 4.69) is 53.8 Å². The second-order valence-electron chi connectivity index (χ2n) is 7.78. The maximum atomic E-state index is 14.7. The molecule has 0 aromatic heterocycles. The van der Waals surface area contributed by atoms with Crippen LogP contribution < -0.4 is 0 Å². The fourth-order valence-corrected chi connectivity index (χ4v) is 4.46. The van der Waals surface area contributed by atoms with Crippen molar-refractivity contribution in [3.8, 4) is 22.3 Å². The molecule has 0 saturated heterocycles. The first-order valence-corrected chi connectivity index (χ1v) is 10.8. The third-order valence-corrected chi connectivity index (χ3v) is 6.57. The van der Waals surface area contributed by atoms with Gasteiger partial charge in [0, 0.05) is 9.13 Å². The van der Waals surface area contributed by atoms with Crippen LogP contribution in [0.3, 0.4) is 0 Å². The highest BCUT2D eigenvalue weighted by Gasteiger charge is 2.19. The minimum atomic E-state index is -0.168. The zero-order chi connectivity index (χ0) is 18.8. The van der Waals surface area contributed by atoms with Crippen LogP contribution in [0.4, 0.5) is 4.39 Å². The Bertz CT molecular complexity index is 904. The summed E-state index contributed by atoms with van der Waals surface area (Å²) in [6.07, 6.45) is 5.25. The number of benzene rings is 3. The molecule has 1 saturated carbocycles. The Kier molecular flexibility index (Phi) is 5.63. The molecule has 138 valence electrons. The van der Waals surface area contributed by atoms with Crippen LogP contribution in [0.15, 0.2) is 66.7 Å². The van der Waals surface area contributed by atoms with Crippen molar-refractivity contribution in [1.29, 1.82) is 0 Å². The van der Waals surface area contributed by atoms with Crippen LogP contribution >= 0.6 is 22.6 Å². The van der Waals surface area contributed by atoms with Crippen LogP contribution in [0.1, 0.15) is 44.1 Å². The molecule has 0 nitrogen and oxygen atoms in total. The third kappa shape index (κ3) is 4.26. The molecule has 0 atom stereocenters. The zero-order valence-corrected chi connectivity index (χ0v) is 17.7. The van der Waals surface area contributed by atoms with E-state index in [0.29, 0.717) is 11.5 Å². The molecule has 2 heteroatoms. The Labute approximate surface area is 175 Å². The monoisotopic (exact) mass is 470 g/mol. The maximum absolute atomic E-state index is 14.7. The normalized spacial score (nSPS) is 19.8. The molecule has 0 spiro atoms. The minimum Gasteiger partial charge on any atom is -0.206 e. The van der Waals surface area contributed by atoms with Gasteiger partial charge in [-0.2, -0.15) is 0 Å². The molecule has 1 aliphatic rings. The SMILES string of the molecule is CC1CCC(c2ccc(-c3ccc(-c4ccc(I)cc4)c(F)c3)cc2)CC1. The van der Waals surface area contributed by atoms with Crippen molar-refractivity contribution in [3.05, 3.63) is 81.7 Å². The summed E-state index contributed by atoms with van der Waals surface area (Å²) in [7, 11) is 0. The van der Waals surface area contributed by atoms with Gasteiger partial charge < -0.3 is 0 Å². The summed E-state index contributed by atoms with van der Waals surface area (Å²) in [5.41, 5.74) is 5.02. The van der Waals surface area contributed by atoms with Gasteiger partial charge in [-0.15, -0.1) is 0 Å². The topological polar surface area (TPSA) is 0 Å². The van der Waals surface area contributed by atoms with Crippen LogP contribution in [0, 0.1) is 15.3 Å². The van der Waals surface area contributed by atoms with E-state index in [1.54, 1.807) is 6.07 Å². The molecule has 0 amide bonds. The highest BCUT2D eigenvalue weighted by atomic mass is 127. The Morgan fingerprint density at radius 2 is 1.33 bits per heavy atom. The average molecular weight is 470 g/mol. The molecular weight excluding hydrogens is 446 g/mol. The molecule has 0 heterocycles. The lowest BCUT2D eigenvalue weighted by Crippen LogP contribution is -2.10. The van der Waals surface area contributed by atoms with Crippen molar-refractivity contribution in [2.24, 2.45) is 5.92 Å². The summed E-state index contributed by atoms with van der Waals surface area (Å²) in [6.45, 7) is 2.35. The van der Waals surface area contributed by atoms with Crippen LogP contribution in [0.5, 0.6) is 0 Å². The number of halogens is 2. The predicted octanol–water partition coefficient (Wildman–Crippen LogP) is 8.06.